The molecule has 1 saturated carbocycles. The lowest BCUT2D eigenvalue weighted by molar-refractivity contribution is 0.0950. The van der Waals surface area contributed by atoms with E-state index in [1.54, 1.807) is 12.1 Å². The van der Waals surface area contributed by atoms with Crippen LogP contribution in [0.5, 0.6) is 0 Å². The topological polar surface area (TPSA) is 58.1 Å². The van der Waals surface area contributed by atoms with Crippen molar-refractivity contribution in [1.82, 2.24) is 20.4 Å². The number of nitrogens with zero attached hydrogens (tertiary/aromatic N) is 3. The Morgan fingerprint density at radius 1 is 1.04 bits per heavy atom. The molecule has 0 bridgehead atoms. The monoisotopic (exact) mass is 396 g/mol. The summed E-state index contributed by atoms with van der Waals surface area (Å²) in [5.74, 6) is -0.548. The summed E-state index contributed by atoms with van der Waals surface area (Å²) in [7, 11) is 0. The van der Waals surface area contributed by atoms with Crippen LogP contribution in [0.1, 0.15) is 38.8 Å². The fraction of sp³-hybridized carbons (Fsp3) is 0.286. The number of hydrogen-bond donors (Lipinski definition) is 1. The zero-order valence-corrected chi connectivity index (χ0v) is 16.2. The highest BCUT2D eigenvalue weighted by Crippen LogP contribution is 2.30. The molecular weight excluding hydrogens is 375 g/mol. The van der Waals surface area contributed by atoms with Gasteiger partial charge < -0.3 is 5.32 Å². The van der Waals surface area contributed by atoms with E-state index in [1.165, 1.54) is 41.9 Å². The molecule has 4 rings (SSSR count). The smallest absolute Gasteiger partial charge is 0.282 e. The summed E-state index contributed by atoms with van der Waals surface area (Å²) in [5.41, 5.74) is 2.11. The molecule has 1 aliphatic rings. The summed E-state index contributed by atoms with van der Waals surface area (Å²) in [6.07, 6.45) is 2.41. The van der Waals surface area contributed by atoms with Gasteiger partial charge in [-0.15, -0.1) is 10.2 Å². The van der Waals surface area contributed by atoms with E-state index in [4.69, 9.17) is 0 Å². The van der Waals surface area contributed by atoms with Gasteiger partial charge in [0.2, 0.25) is 5.01 Å². The number of halogens is 1. The van der Waals surface area contributed by atoms with E-state index in [1.807, 2.05) is 6.07 Å². The van der Waals surface area contributed by atoms with Crippen molar-refractivity contribution in [2.45, 2.75) is 38.5 Å². The molecule has 3 aromatic rings. The predicted octanol–water partition coefficient (Wildman–Crippen LogP) is 3.77. The molecule has 144 valence electrons. The van der Waals surface area contributed by atoms with E-state index in [0.717, 1.165) is 17.1 Å². The molecule has 1 fully saturated rings. The summed E-state index contributed by atoms with van der Waals surface area (Å²) < 4.78 is 12.9. The van der Waals surface area contributed by atoms with Gasteiger partial charge in [0.25, 0.3) is 5.91 Å². The lowest BCUT2D eigenvalue weighted by Crippen LogP contribution is -2.25. The van der Waals surface area contributed by atoms with Crippen molar-refractivity contribution in [3.05, 3.63) is 81.6 Å². The third kappa shape index (κ3) is 4.99. The molecule has 0 aliphatic heterocycles. The molecule has 0 radical (unpaired) electrons. The molecule has 1 heterocycles. The third-order valence-corrected chi connectivity index (χ3v) is 5.56. The van der Waals surface area contributed by atoms with Crippen LogP contribution in [0.4, 0.5) is 4.39 Å². The highest BCUT2D eigenvalue weighted by Gasteiger charge is 2.30. The molecule has 0 saturated heterocycles. The van der Waals surface area contributed by atoms with Crippen molar-refractivity contribution in [2.24, 2.45) is 0 Å². The molecule has 28 heavy (non-hydrogen) atoms. The standard InChI is InChI=1S/C21H21FN4OS/c22-17-8-6-15(7-9-17)12-23-20(27)21-25-24-19(28-21)14-26(18-10-11-18)13-16-4-2-1-3-5-16/h1-9,18H,10-14H2,(H,23,27). The Kier molecular flexibility index (Phi) is 5.73. The van der Waals surface area contributed by atoms with Gasteiger partial charge in [0, 0.05) is 19.1 Å². The van der Waals surface area contributed by atoms with Crippen molar-refractivity contribution in [3.8, 4) is 0 Å². The van der Waals surface area contributed by atoms with E-state index in [0.29, 0.717) is 24.1 Å². The summed E-state index contributed by atoms with van der Waals surface area (Å²) >= 11 is 1.33. The Balaban J connectivity index is 1.34. The van der Waals surface area contributed by atoms with E-state index in [-0.39, 0.29) is 11.7 Å². The van der Waals surface area contributed by atoms with Crippen LogP contribution >= 0.6 is 11.3 Å². The van der Waals surface area contributed by atoms with Crippen LogP contribution in [-0.4, -0.2) is 27.0 Å². The van der Waals surface area contributed by atoms with Crippen LogP contribution in [0.25, 0.3) is 0 Å². The van der Waals surface area contributed by atoms with Crippen LogP contribution in [0.3, 0.4) is 0 Å². The summed E-state index contributed by atoms with van der Waals surface area (Å²) in [6.45, 7) is 1.90. The first-order valence-electron chi connectivity index (χ1n) is 9.30. The first-order chi connectivity index (χ1) is 13.7. The molecule has 1 aromatic heterocycles. The summed E-state index contributed by atoms with van der Waals surface area (Å²) in [4.78, 5) is 14.7. The normalized spacial score (nSPS) is 13.6. The molecule has 7 heteroatoms. The van der Waals surface area contributed by atoms with E-state index < -0.39 is 0 Å². The maximum Gasteiger partial charge on any atom is 0.282 e. The predicted molar refractivity (Wildman–Crippen MR) is 106 cm³/mol. The number of nitrogens with one attached hydrogen (secondary N) is 1. The quantitative estimate of drug-likeness (QED) is 0.630. The van der Waals surface area contributed by atoms with Gasteiger partial charge in [-0.2, -0.15) is 0 Å². The van der Waals surface area contributed by atoms with E-state index in [2.05, 4.69) is 44.7 Å². The van der Waals surface area contributed by atoms with Crippen molar-refractivity contribution >= 4 is 17.2 Å². The second kappa shape index (κ2) is 8.58. The molecule has 5 nitrogen and oxygen atoms in total. The highest BCUT2D eigenvalue weighted by atomic mass is 32.1. The van der Waals surface area contributed by atoms with Gasteiger partial charge in [-0.05, 0) is 36.1 Å². The van der Waals surface area contributed by atoms with Gasteiger partial charge >= 0.3 is 0 Å². The Labute approximate surface area is 167 Å². The van der Waals surface area contributed by atoms with Gasteiger partial charge in [0.05, 0.1) is 6.54 Å². The Morgan fingerprint density at radius 3 is 2.50 bits per heavy atom. The van der Waals surface area contributed by atoms with Gasteiger partial charge in [-0.3, -0.25) is 9.69 Å². The number of rotatable bonds is 8. The maximum atomic E-state index is 12.9. The maximum absolute atomic E-state index is 12.9. The Bertz CT molecular complexity index is 925. The van der Waals surface area contributed by atoms with Crippen LogP contribution in [0.2, 0.25) is 0 Å². The molecule has 0 atom stereocenters. The summed E-state index contributed by atoms with van der Waals surface area (Å²) in [5, 5.41) is 12.3. The number of aromatic nitrogens is 2. The van der Waals surface area contributed by atoms with Crippen LogP contribution in [0, 0.1) is 5.82 Å². The minimum absolute atomic E-state index is 0.255. The average molecular weight is 396 g/mol. The zero-order valence-electron chi connectivity index (χ0n) is 15.3. The number of carbonyl (C=O) groups excluding carboxylic acids is 1. The molecule has 1 amide bonds. The van der Waals surface area contributed by atoms with Crippen molar-refractivity contribution < 1.29 is 9.18 Å². The zero-order chi connectivity index (χ0) is 19.3. The van der Waals surface area contributed by atoms with Crippen LogP contribution in [0.15, 0.2) is 54.6 Å². The number of amides is 1. The van der Waals surface area contributed by atoms with Crippen LogP contribution < -0.4 is 5.32 Å². The van der Waals surface area contributed by atoms with Gasteiger partial charge in [-0.25, -0.2) is 4.39 Å². The Morgan fingerprint density at radius 2 is 1.79 bits per heavy atom. The van der Waals surface area contributed by atoms with Crippen molar-refractivity contribution in [2.75, 3.05) is 0 Å². The van der Waals surface area contributed by atoms with Crippen molar-refractivity contribution in [1.29, 1.82) is 0 Å². The largest absolute Gasteiger partial charge is 0.346 e. The Hall–Kier alpha value is -2.64. The molecular formula is C21H21FN4OS. The second-order valence-electron chi connectivity index (χ2n) is 6.93. The minimum Gasteiger partial charge on any atom is -0.346 e. The minimum atomic E-state index is -0.292. The SMILES string of the molecule is O=C(NCc1ccc(F)cc1)c1nnc(CN(Cc2ccccc2)C2CC2)s1. The molecule has 0 unspecified atom stereocenters. The molecule has 2 aromatic carbocycles. The van der Waals surface area contributed by atoms with Crippen LogP contribution in [-0.2, 0) is 19.6 Å². The molecule has 1 N–H and O–H groups in total. The summed E-state index contributed by atoms with van der Waals surface area (Å²) in [6, 6.07) is 17.0. The van der Waals surface area contributed by atoms with Gasteiger partial charge in [0.1, 0.15) is 10.8 Å². The van der Waals surface area contributed by atoms with Gasteiger partial charge in [0.15, 0.2) is 0 Å². The number of carbonyl (C=O) groups is 1. The number of benzene rings is 2. The first-order valence-corrected chi connectivity index (χ1v) is 10.1. The lowest BCUT2D eigenvalue weighted by atomic mass is 10.2. The van der Waals surface area contributed by atoms with Crippen molar-refractivity contribution in [3.63, 3.8) is 0 Å². The average Bonchev–Trinajstić information content (AvgIpc) is 3.46. The lowest BCUT2D eigenvalue weighted by Gasteiger charge is -2.20. The number of hydrogen-bond acceptors (Lipinski definition) is 5. The first kappa shape index (κ1) is 18.7. The molecule has 1 aliphatic carbocycles. The van der Waals surface area contributed by atoms with E-state index in [9.17, 15) is 9.18 Å². The highest BCUT2D eigenvalue weighted by molar-refractivity contribution is 7.13. The fourth-order valence-electron chi connectivity index (χ4n) is 3.01. The fourth-order valence-corrected chi connectivity index (χ4v) is 3.80. The molecule has 0 spiro atoms. The van der Waals surface area contributed by atoms with E-state index >= 15 is 0 Å². The second-order valence-corrected chi connectivity index (χ2v) is 7.99. The van der Waals surface area contributed by atoms with Gasteiger partial charge in [-0.1, -0.05) is 53.8 Å². The third-order valence-electron chi connectivity index (χ3n) is 4.66.